The standard InChI is InChI=1S/C20H21N5O/c1-3-15-6-4-5-7-18(15)23-20(26)22-17-11-9-16(10-12-17)21-19-13-8-14(2)24-25-19/h4-13H,3H2,1-2H3,(H,21,25)(H2,22,23,26). The van der Waals surface area contributed by atoms with Crippen molar-refractivity contribution in [1.29, 1.82) is 0 Å². The lowest BCUT2D eigenvalue weighted by atomic mass is 10.1. The molecule has 26 heavy (non-hydrogen) atoms. The molecule has 0 unspecified atom stereocenters. The third kappa shape index (κ3) is 4.57. The lowest BCUT2D eigenvalue weighted by molar-refractivity contribution is 0.262. The van der Waals surface area contributed by atoms with Crippen LogP contribution in [0.5, 0.6) is 0 Å². The second-order valence-electron chi connectivity index (χ2n) is 5.85. The summed E-state index contributed by atoms with van der Waals surface area (Å²) in [5.41, 5.74) is 4.36. The van der Waals surface area contributed by atoms with Crippen LogP contribution >= 0.6 is 0 Å². The lowest BCUT2D eigenvalue weighted by Gasteiger charge is -2.11. The van der Waals surface area contributed by atoms with Crippen LogP contribution in [0.2, 0.25) is 0 Å². The summed E-state index contributed by atoms with van der Waals surface area (Å²) in [5.74, 6) is 0.672. The zero-order valence-corrected chi connectivity index (χ0v) is 14.8. The summed E-state index contributed by atoms with van der Waals surface area (Å²) in [6.07, 6.45) is 0.860. The predicted molar refractivity (Wildman–Crippen MR) is 105 cm³/mol. The highest BCUT2D eigenvalue weighted by Gasteiger charge is 2.06. The third-order valence-electron chi connectivity index (χ3n) is 3.86. The number of nitrogens with zero attached hydrogens (tertiary/aromatic N) is 2. The van der Waals surface area contributed by atoms with Gasteiger partial charge in [-0.3, -0.25) is 0 Å². The van der Waals surface area contributed by atoms with Gasteiger partial charge in [-0.15, -0.1) is 5.10 Å². The number of hydrogen-bond donors (Lipinski definition) is 3. The molecule has 3 N–H and O–H groups in total. The number of urea groups is 1. The molecule has 0 fully saturated rings. The first kappa shape index (κ1) is 17.4. The average molecular weight is 347 g/mol. The number of para-hydroxylation sites is 1. The minimum absolute atomic E-state index is 0.268. The zero-order valence-electron chi connectivity index (χ0n) is 14.8. The molecule has 0 saturated heterocycles. The number of carbonyl (C=O) groups is 1. The second-order valence-corrected chi connectivity index (χ2v) is 5.85. The minimum Gasteiger partial charge on any atom is -0.339 e. The number of rotatable bonds is 5. The predicted octanol–water partition coefficient (Wildman–Crippen LogP) is 4.74. The van der Waals surface area contributed by atoms with Crippen LogP contribution in [0.3, 0.4) is 0 Å². The Bertz CT molecular complexity index is 875. The van der Waals surface area contributed by atoms with Crippen LogP contribution in [0.1, 0.15) is 18.2 Å². The van der Waals surface area contributed by atoms with Gasteiger partial charge in [-0.2, -0.15) is 5.10 Å². The van der Waals surface area contributed by atoms with Crippen molar-refractivity contribution in [2.45, 2.75) is 20.3 Å². The zero-order chi connectivity index (χ0) is 18.4. The number of aromatic nitrogens is 2. The fourth-order valence-corrected chi connectivity index (χ4v) is 2.49. The number of amides is 2. The Balaban J connectivity index is 1.60. The van der Waals surface area contributed by atoms with Crippen LogP contribution in [-0.4, -0.2) is 16.2 Å². The Morgan fingerprint density at radius 1 is 0.885 bits per heavy atom. The molecule has 0 atom stereocenters. The topological polar surface area (TPSA) is 78.9 Å². The Kier molecular flexibility index (Phi) is 5.43. The molecule has 6 nitrogen and oxygen atoms in total. The normalized spacial score (nSPS) is 10.2. The van der Waals surface area contributed by atoms with E-state index in [0.717, 1.165) is 29.1 Å². The molecule has 1 aromatic heterocycles. The molecular weight excluding hydrogens is 326 g/mol. The molecule has 2 aromatic carbocycles. The summed E-state index contributed by atoms with van der Waals surface area (Å²) in [6.45, 7) is 3.95. The van der Waals surface area contributed by atoms with Gasteiger partial charge in [0.15, 0.2) is 5.82 Å². The maximum absolute atomic E-state index is 12.2. The van der Waals surface area contributed by atoms with Crippen LogP contribution in [0.25, 0.3) is 0 Å². The summed E-state index contributed by atoms with van der Waals surface area (Å²) in [7, 11) is 0. The first-order valence-electron chi connectivity index (χ1n) is 8.47. The van der Waals surface area contributed by atoms with E-state index in [1.807, 2.05) is 67.6 Å². The number of nitrogens with one attached hydrogen (secondary N) is 3. The van der Waals surface area contributed by atoms with E-state index in [0.29, 0.717) is 11.5 Å². The summed E-state index contributed by atoms with van der Waals surface area (Å²) in [6, 6.07) is 18.7. The van der Waals surface area contributed by atoms with Crippen molar-refractivity contribution in [3.05, 3.63) is 71.9 Å². The molecule has 0 radical (unpaired) electrons. The molecule has 3 rings (SSSR count). The summed E-state index contributed by atoms with van der Waals surface area (Å²) in [4.78, 5) is 12.2. The molecule has 0 spiro atoms. The number of aryl methyl sites for hydroxylation is 2. The van der Waals surface area contributed by atoms with E-state index >= 15 is 0 Å². The van der Waals surface area contributed by atoms with Crippen molar-refractivity contribution in [2.24, 2.45) is 0 Å². The molecular formula is C20H21N5O. The van der Waals surface area contributed by atoms with Crippen LogP contribution in [0.15, 0.2) is 60.7 Å². The molecule has 2 amide bonds. The Morgan fingerprint density at radius 3 is 2.31 bits per heavy atom. The molecule has 6 heteroatoms. The summed E-state index contributed by atoms with van der Waals surface area (Å²) in [5, 5.41) is 17.0. The Hall–Kier alpha value is -3.41. The van der Waals surface area contributed by atoms with Gasteiger partial charge < -0.3 is 16.0 Å². The highest BCUT2D eigenvalue weighted by molar-refractivity contribution is 6.00. The molecule has 1 heterocycles. The number of hydrogen-bond acceptors (Lipinski definition) is 4. The van der Waals surface area contributed by atoms with Crippen LogP contribution in [0.4, 0.5) is 27.7 Å². The van der Waals surface area contributed by atoms with E-state index in [-0.39, 0.29) is 6.03 Å². The van der Waals surface area contributed by atoms with E-state index in [2.05, 4.69) is 33.1 Å². The molecule has 0 saturated carbocycles. The monoisotopic (exact) mass is 347 g/mol. The van der Waals surface area contributed by atoms with E-state index in [1.165, 1.54) is 0 Å². The fraction of sp³-hybridized carbons (Fsp3) is 0.150. The van der Waals surface area contributed by atoms with Gasteiger partial charge in [-0.1, -0.05) is 25.1 Å². The maximum atomic E-state index is 12.2. The van der Waals surface area contributed by atoms with Gasteiger partial charge in [0.2, 0.25) is 0 Å². The number of benzene rings is 2. The highest BCUT2D eigenvalue weighted by Crippen LogP contribution is 2.19. The first-order valence-corrected chi connectivity index (χ1v) is 8.47. The van der Waals surface area contributed by atoms with Crippen LogP contribution in [-0.2, 0) is 6.42 Å². The molecule has 0 aliphatic carbocycles. The van der Waals surface area contributed by atoms with Crippen molar-refractivity contribution in [3.8, 4) is 0 Å². The summed E-state index contributed by atoms with van der Waals surface area (Å²) >= 11 is 0. The first-order chi connectivity index (χ1) is 12.6. The largest absolute Gasteiger partial charge is 0.339 e. The van der Waals surface area contributed by atoms with Crippen molar-refractivity contribution in [2.75, 3.05) is 16.0 Å². The van der Waals surface area contributed by atoms with E-state index < -0.39 is 0 Å². The van der Waals surface area contributed by atoms with Gasteiger partial charge in [0, 0.05) is 17.1 Å². The minimum atomic E-state index is -0.268. The molecule has 132 valence electrons. The van der Waals surface area contributed by atoms with Gasteiger partial charge >= 0.3 is 6.03 Å². The SMILES string of the molecule is CCc1ccccc1NC(=O)Nc1ccc(Nc2ccc(C)nn2)cc1. The van der Waals surface area contributed by atoms with Crippen molar-refractivity contribution in [3.63, 3.8) is 0 Å². The fourth-order valence-electron chi connectivity index (χ4n) is 2.49. The van der Waals surface area contributed by atoms with Crippen molar-refractivity contribution < 1.29 is 4.79 Å². The number of carbonyl (C=O) groups excluding carboxylic acids is 1. The molecule has 0 bridgehead atoms. The van der Waals surface area contributed by atoms with E-state index in [9.17, 15) is 4.79 Å². The molecule has 0 aliphatic rings. The average Bonchev–Trinajstić information content (AvgIpc) is 2.65. The Morgan fingerprint density at radius 2 is 1.62 bits per heavy atom. The van der Waals surface area contributed by atoms with Gasteiger partial charge in [0.05, 0.1) is 5.69 Å². The van der Waals surface area contributed by atoms with Gasteiger partial charge in [-0.05, 0) is 61.4 Å². The highest BCUT2D eigenvalue weighted by atomic mass is 16.2. The number of anilines is 4. The van der Waals surface area contributed by atoms with Gasteiger partial charge in [0.25, 0.3) is 0 Å². The van der Waals surface area contributed by atoms with Gasteiger partial charge in [-0.25, -0.2) is 4.79 Å². The summed E-state index contributed by atoms with van der Waals surface area (Å²) < 4.78 is 0. The smallest absolute Gasteiger partial charge is 0.323 e. The van der Waals surface area contributed by atoms with Gasteiger partial charge in [0.1, 0.15) is 0 Å². The third-order valence-corrected chi connectivity index (χ3v) is 3.86. The van der Waals surface area contributed by atoms with Crippen LogP contribution in [0, 0.1) is 6.92 Å². The van der Waals surface area contributed by atoms with E-state index in [4.69, 9.17) is 0 Å². The van der Waals surface area contributed by atoms with Crippen molar-refractivity contribution in [1.82, 2.24) is 10.2 Å². The molecule has 0 aliphatic heterocycles. The lowest BCUT2D eigenvalue weighted by Crippen LogP contribution is -2.20. The second kappa shape index (κ2) is 8.11. The maximum Gasteiger partial charge on any atom is 0.323 e. The van der Waals surface area contributed by atoms with Crippen LogP contribution < -0.4 is 16.0 Å². The quantitative estimate of drug-likeness (QED) is 0.623. The van der Waals surface area contributed by atoms with Crippen molar-refractivity contribution >= 4 is 28.9 Å². The Labute approximate surface area is 152 Å². The van der Waals surface area contributed by atoms with E-state index in [1.54, 1.807) is 0 Å². The molecule has 3 aromatic rings.